The van der Waals surface area contributed by atoms with Gasteiger partial charge in [-0.25, -0.2) is 0 Å². The Labute approximate surface area is 80.7 Å². The Morgan fingerprint density at radius 2 is 1.92 bits per heavy atom. The van der Waals surface area contributed by atoms with Crippen LogP contribution in [0.5, 0.6) is 0 Å². The molecule has 0 aliphatic heterocycles. The van der Waals surface area contributed by atoms with Gasteiger partial charge in [-0.3, -0.25) is 0 Å². The molecule has 0 saturated heterocycles. The minimum absolute atomic E-state index is 0.901. The van der Waals surface area contributed by atoms with Gasteiger partial charge in [0.05, 0.1) is 0 Å². The van der Waals surface area contributed by atoms with E-state index in [1.165, 1.54) is 0 Å². The van der Waals surface area contributed by atoms with Crippen LogP contribution >= 0.6 is 0 Å². The van der Waals surface area contributed by atoms with Crippen molar-refractivity contribution in [3.05, 3.63) is 24.8 Å². The van der Waals surface area contributed by atoms with Gasteiger partial charge in [0.25, 0.3) is 0 Å². The predicted octanol–water partition coefficient (Wildman–Crippen LogP) is 2.54. The molecular formula is C13H12. The summed E-state index contributed by atoms with van der Waals surface area (Å²) in [5.74, 6) is 16.3. The van der Waals surface area contributed by atoms with E-state index in [1.54, 1.807) is 18.2 Å². The second-order valence-corrected chi connectivity index (χ2v) is 2.17. The first kappa shape index (κ1) is 11.2. The number of unbranched alkanes of at least 4 members (excludes halogenated alkanes) is 1. The van der Waals surface area contributed by atoms with E-state index in [-0.39, 0.29) is 0 Å². The predicted molar refractivity (Wildman–Crippen MR) is 57.6 cm³/mol. The summed E-state index contributed by atoms with van der Waals surface area (Å²) in [5.41, 5.74) is 0. The van der Waals surface area contributed by atoms with E-state index in [2.05, 4.69) is 49.0 Å². The molecule has 0 heterocycles. The van der Waals surface area contributed by atoms with Crippen molar-refractivity contribution in [1.82, 2.24) is 0 Å². The molecule has 0 amide bonds. The first-order chi connectivity index (χ1) is 6.41. The van der Waals surface area contributed by atoms with Crippen molar-refractivity contribution in [1.29, 1.82) is 0 Å². The molecule has 0 unspecified atom stereocenters. The summed E-state index contributed by atoms with van der Waals surface area (Å²) >= 11 is 0. The smallest absolute Gasteiger partial charge is 0.00963 e. The summed E-state index contributed by atoms with van der Waals surface area (Å²) in [7, 11) is 0. The summed E-state index contributed by atoms with van der Waals surface area (Å²) in [5, 5.41) is 0. The largest absolute Gasteiger partial charge is 0.0990 e. The van der Waals surface area contributed by atoms with Crippen LogP contribution in [0.25, 0.3) is 0 Å². The van der Waals surface area contributed by atoms with E-state index in [1.807, 2.05) is 0 Å². The topological polar surface area (TPSA) is 0 Å². The van der Waals surface area contributed by atoms with Crippen molar-refractivity contribution < 1.29 is 0 Å². The molecule has 0 bridgehead atoms. The molecular weight excluding hydrogens is 156 g/mol. The molecule has 0 saturated carbocycles. The summed E-state index contributed by atoms with van der Waals surface area (Å²) in [6, 6.07) is 0. The molecule has 0 spiro atoms. The number of hydrogen-bond donors (Lipinski definition) is 0. The molecule has 0 nitrogen and oxygen atoms in total. The summed E-state index contributed by atoms with van der Waals surface area (Å²) in [6.45, 7) is 5.60. The normalized spacial score (nSPS) is 7.15. The summed E-state index contributed by atoms with van der Waals surface area (Å²) < 4.78 is 0. The molecule has 0 aliphatic rings. The minimum atomic E-state index is 0.901. The quantitative estimate of drug-likeness (QED) is 0.439. The van der Waals surface area contributed by atoms with Gasteiger partial charge in [-0.05, 0) is 36.2 Å². The maximum absolute atomic E-state index is 3.52. The van der Waals surface area contributed by atoms with Crippen molar-refractivity contribution in [2.24, 2.45) is 0 Å². The molecule has 0 aliphatic carbocycles. The molecule has 0 N–H and O–H groups in total. The molecule has 64 valence electrons. The van der Waals surface area contributed by atoms with Crippen LogP contribution < -0.4 is 0 Å². The lowest BCUT2D eigenvalue weighted by Gasteiger charge is -1.71. The first-order valence-corrected chi connectivity index (χ1v) is 4.17. The highest BCUT2D eigenvalue weighted by atomic mass is 13.7. The van der Waals surface area contributed by atoms with Crippen LogP contribution in [0.3, 0.4) is 0 Å². The van der Waals surface area contributed by atoms with Gasteiger partial charge in [-0.1, -0.05) is 37.5 Å². The Bertz CT molecular complexity index is 337. The third-order valence-electron chi connectivity index (χ3n) is 1.04. The van der Waals surface area contributed by atoms with Crippen LogP contribution in [0.1, 0.15) is 19.8 Å². The second-order valence-electron chi connectivity index (χ2n) is 2.17. The van der Waals surface area contributed by atoms with E-state index in [9.17, 15) is 0 Å². The zero-order valence-electron chi connectivity index (χ0n) is 7.85. The van der Waals surface area contributed by atoms with Crippen molar-refractivity contribution in [3.63, 3.8) is 0 Å². The maximum Gasteiger partial charge on any atom is 0.00963 e. The Morgan fingerprint density at radius 3 is 2.62 bits per heavy atom. The molecule has 0 aromatic heterocycles. The Balaban J connectivity index is 3.84. The van der Waals surface area contributed by atoms with Gasteiger partial charge in [0.15, 0.2) is 0 Å². The van der Waals surface area contributed by atoms with Crippen LogP contribution in [0.15, 0.2) is 24.8 Å². The molecule has 0 fully saturated rings. The lowest BCUT2D eigenvalue weighted by Crippen LogP contribution is -1.59. The standard InChI is InChI=1S/C13H12/c1-3-5-7-9-11-13-12-10-8-6-4-2/h3,5,7H,1,4,6H2,2H3. The van der Waals surface area contributed by atoms with E-state index in [0.29, 0.717) is 0 Å². The van der Waals surface area contributed by atoms with Gasteiger partial charge in [0.2, 0.25) is 0 Å². The van der Waals surface area contributed by atoms with Gasteiger partial charge >= 0.3 is 0 Å². The first-order valence-electron chi connectivity index (χ1n) is 4.17. The number of rotatable bonds is 2. The van der Waals surface area contributed by atoms with Gasteiger partial charge in [-0.2, -0.15) is 0 Å². The molecule has 0 atom stereocenters. The van der Waals surface area contributed by atoms with Crippen LogP contribution in [0.2, 0.25) is 0 Å². The van der Waals surface area contributed by atoms with Gasteiger partial charge in [0, 0.05) is 6.42 Å². The average molecular weight is 168 g/mol. The van der Waals surface area contributed by atoms with Crippen LogP contribution in [0.4, 0.5) is 0 Å². The van der Waals surface area contributed by atoms with Crippen LogP contribution in [0, 0.1) is 35.5 Å². The number of hydrogen-bond acceptors (Lipinski definition) is 0. The average Bonchev–Trinajstić information content (AvgIpc) is 2.16. The van der Waals surface area contributed by atoms with Gasteiger partial charge < -0.3 is 0 Å². The zero-order valence-corrected chi connectivity index (χ0v) is 7.85. The SMILES string of the molecule is C=CC=CC#CC#CC#CCCC. The summed E-state index contributed by atoms with van der Waals surface area (Å²) in [4.78, 5) is 0. The summed E-state index contributed by atoms with van der Waals surface area (Å²) in [6.07, 6.45) is 7.10. The third-order valence-corrected chi connectivity index (χ3v) is 1.04. The van der Waals surface area contributed by atoms with Crippen molar-refractivity contribution in [2.75, 3.05) is 0 Å². The molecule has 0 rings (SSSR count). The highest BCUT2D eigenvalue weighted by Gasteiger charge is 1.65. The van der Waals surface area contributed by atoms with Gasteiger partial charge in [0.1, 0.15) is 0 Å². The Morgan fingerprint density at radius 1 is 1.15 bits per heavy atom. The number of allylic oxidation sites excluding steroid dienone is 3. The zero-order chi connectivity index (χ0) is 9.78. The van der Waals surface area contributed by atoms with Crippen molar-refractivity contribution >= 4 is 0 Å². The highest BCUT2D eigenvalue weighted by molar-refractivity contribution is 5.37. The Kier molecular flexibility index (Phi) is 8.72. The van der Waals surface area contributed by atoms with E-state index < -0.39 is 0 Å². The van der Waals surface area contributed by atoms with Gasteiger partial charge in [-0.15, -0.1) is 0 Å². The van der Waals surface area contributed by atoms with Crippen molar-refractivity contribution in [2.45, 2.75) is 19.8 Å². The van der Waals surface area contributed by atoms with Crippen LogP contribution in [-0.4, -0.2) is 0 Å². The molecule has 0 heteroatoms. The lowest BCUT2D eigenvalue weighted by molar-refractivity contribution is 0.983. The molecule has 0 aromatic rings. The van der Waals surface area contributed by atoms with E-state index >= 15 is 0 Å². The van der Waals surface area contributed by atoms with Crippen molar-refractivity contribution in [3.8, 4) is 35.5 Å². The second kappa shape index (κ2) is 10.2. The highest BCUT2D eigenvalue weighted by Crippen LogP contribution is 1.79. The molecule has 13 heavy (non-hydrogen) atoms. The lowest BCUT2D eigenvalue weighted by atomic mass is 10.3. The van der Waals surface area contributed by atoms with Crippen LogP contribution in [-0.2, 0) is 0 Å². The maximum atomic E-state index is 3.52. The fourth-order valence-corrected chi connectivity index (χ4v) is 0.488. The van der Waals surface area contributed by atoms with E-state index in [4.69, 9.17) is 0 Å². The molecule has 0 aromatic carbocycles. The van der Waals surface area contributed by atoms with E-state index in [0.717, 1.165) is 12.8 Å². The minimum Gasteiger partial charge on any atom is -0.0990 e. The monoisotopic (exact) mass is 168 g/mol. The molecule has 0 radical (unpaired) electrons. The third kappa shape index (κ3) is 10.2. The fraction of sp³-hybridized carbons (Fsp3) is 0.231. The fourth-order valence-electron chi connectivity index (χ4n) is 0.488. The Hall–Kier alpha value is -1.84.